The van der Waals surface area contributed by atoms with Gasteiger partial charge in [-0.3, -0.25) is 0 Å². The molecular weight excluding hydrogens is 248 g/mol. The first-order valence-electron chi connectivity index (χ1n) is 8.00. The molecule has 0 aromatic heterocycles. The molecule has 1 spiro atoms. The molecule has 0 amide bonds. The predicted molar refractivity (Wildman–Crippen MR) is 77.9 cm³/mol. The molecule has 0 aliphatic heterocycles. The number of carbonyl (C=O) groups excluding carboxylic acids is 1. The molecule has 4 aliphatic rings. The molecule has 0 aromatic carbocycles. The van der Waals surface area contributed by atoms with E-state index in [4.69, 9.17) is 4.74 Å². The number of rotatable bonds is 2. The summed E-state index contributed by atoms with van der Waals surface area (Å²) >= 11 is 0. The van der Waals surface area contributed by atoms with Crippen LogP contribution >= 0.6 is 0 Å². The number of allylic oxidation sites excluding steroid dienone is 2. The van der Waals surface area contributed by atoms with E-state index in [1.54, 1.807) is 6.92 Å². The topological polar surface area (TPSA) is 26.3 Å². The Morgan fingerprint density at radius 2 is 2.00 bits per heavy atom. The minimum atomic E-state index is -0.239. The Kier molecular flexibility index (Phi) is 2.39. The van der Waals surface area contributed by atoms with Crippen LogP contribution in [0, 0.1) is 29.1 Å². The highest BCUT2D eigenvalue weighted by atomic mass is 16.6. The Balaban J connectivity index is 1.54. The van der Waals surface area contributed by atoms with Gasteiger partial charge in [0, 0.05) is 5.57 Å². The van der Waals surface area contributed by atoms with E-state index in [1.165, 1.54) is 25.7 Å². The molecule has 0 radical (unpaired) electrons. The van der Waals surface area contributed by atoms with Gasteiger partial charge in [0.2, 0.25) is 0 Å². The van der Waals surface area contributed by atoms with Crippen LogP contribution in [0.2, 0.25) is 0 Å². The van der Waals surface area contributed by atoms with Crippen molar-refractivity contribution in [2.24, 2.45) is 29.1 Å². The molecular formula is C18H24O2. The molecule has 4 aliphatic carbocycles. The molecule has 0 aromatic rings. The summed E-state index contributed by atoms with van der Waals surface area (Å²) in [5, 5.41) is 0. The maximum absolute atomic E-state index is 11.9. The SMILES string of the molecule is C=C(C)C(=O)OC1(C)CC2CC1CC21CC2C=CC1C2. The molecule has 108 valence electrons. The van der Waals surface area contributed by atoms with Crippen LogP contribution in [0.3, 0.4) is 0 Å². The summed E-state index contributed by atoms with van der Waals surface area (Å²) in [4.78, 5) is 11.9. The molecule has 3 saturated carbocycles. The quantitative estimate of drug-likeness (QED) is 0.433. The van der Waals surface area contributed by atoms with E-state index < -0.39 is 0 Å². The van der Waals surface area contributed by atoms with Crippen molar-refractivity contribution in [3.05, 3.63) is 24.3 Å². The Labute approximate surface area is 121 Å². The summed E-state index contributed by atoms with van der Waals surface area (Å²) in [5.41, 5.74) is 0.836. The molecule has 0 saturated heterocycles. The molecule has 6 unspecified atom stereocenters. The third kappa shape index (κ3) is 1.48. The van der Waals surface area contributed by atoms with Gasteiger partial charge in [-0.1, -0.05) is 18.7 Å². The van der Waals surface area contributed by atoms with E-state index in [2.05, 4.69) is 25.7 Å². The smallest absolute Gasteiger partial charge is 0.333 e. The monoisotopic (exact) mass is 272 g/mol. The number of hydrogen-bond acceptors (Lipinski definition) is 2. The Bertz CT molecular complexity index is 520. The highest BCUT2D eigenvalue weighted by molar-refractivity contribution is 5.87. The first-order valence-corrected chi connectivity index (χ1v) is 8.00. The normalized spacial score (nSPS) is 51.1. The maximum Gasteiger partial charge on any atom is 0.333 e. The largest absolute Gasteiger partial charge is 0.456 e. The standard InChI is InChI=1S/C18H24O2/c1-11(2)16(19)20-17(3)9-15-7-14(17)10-18(15)8-12-4-5-13(18)6-12/h4-5,12-15H,1,6-10H2,2-3H3. The van der Waals surface area contributed by atoms with Crippen LogP contribution in [0.5, 0.6) is 0 Å². The summed E-state index contributed by atoms with van der Waals surface area (Å²) in [5.74, 6) is 2.76. The zero-order valence-corrected chi connectivity index (χ0v) is 12.5. The third-order valence-corrected chi connectivity index (χ3v) is 6.75. The first-order chi connectivity index (χ1) is 9.43. The van der Waals surface area contributed by atoms with Crippen molar-refractivity contribution in [1.82, 2.24) is 0 Å². The van der Waals surface area contributed by atoms with Crippen LogP contribution in [0.4, 0.5) is 0 Å². The number of carbonyl (C=O) groups is 1. The van der Waals surface area contributed by atoms with Crippen LogP contribution in [0.15, 0.2) is 24.3 Å². The van der Waals surface area contributed by atoms with Gasteiger partial charge >= 0.3 is 5.97 Å². The van der Waals surface area contributed by atoms with Crippen molar-refractivity contribution in [3.8, 4) is 0 Å². The van der Waals surface area contributed by atoms with Gasteiger partial charge < -0.3 is 4.74 Å². The van der Waals surface area contributed by atoms with E-state index in [1.807, 2.05) is 0 Å². The minimum Gasteiger partial charge on any atom is -0.456 e. The summed E-state index contributed by atoms with van der Waals surface area (Å²) < 4.78 is 5.82. The second kappa shape index (κ2) is 3.78. The number of esters is 1. The van der Waals surface area contributed by atoms with Crippen molar-refractivity contribution in [3.63, 3.8) is 0 Å². The molecule has 3 fully saturated rings. The van der Waals surface area contributed by atoms with E-state index in [-0.39, 0.29) is 11.6 Å². The minimum absolute atomic E-state index is 0.207. The van der Waals surface area contributed by atoms with Crippen LogP contribution in [-0.2, 0) is 9.53 Å². The molecule has 4 bridgehead atoms. The zero-order chi connectivity index (χ0) is 14.1. The van der Waals surface area contributed by atoms with Crippen molar-refractivity contribution >= 4 is 5.97 Å². The molecule has 4 rings (SSSR count). The van der Waals surface area contributed by atoms with Gasteiger partial charge in [0.1, 0.15) is 5.60 Å². The molecule has 0 N–H and O–H groups in total. The van der Waals surface area contributed by atoms with Gasteiger partial charge in [0.25, 0.3) is 0 Å². The molecule has 2 nitrogen and oxygen atoms in total. The van der Waals surface area contributed by atoms with E-state index in [9.17, 15) is 4.79 Å². The molecule has 6 atom stereocenters. The molecule has 2 heteroatoms. The number of fused-ring (bicyclic) bond motifs is 6. The number of hydrogen-bond donors (Lipinski definition) is 0. The van der Waals surface area contributed by atoms with Crippen LogP contribution in [0.1, 0.15) is 46.0 Å². The summed E-state index contributed by atoms with van der Waals surface area (Å²) in [6.45, 7) is 7.59. The highest BCUT2D eigenvalue weighted by Crippen LogP contribution is 2.70. The van der Waals surface area contributed by atoms with E-state index in [0.29, 0.717) is 16.9 Å². The fraction of sp³-hybridized carbons (Fsp3) is 0.722. The van der Waals surface area contributed by atoms with Crippen molar-refractivity contribution in [2.45, 2.75) is 51.6 Å². The summed E-state index contributed by atoms with van der Waals surface area (Å²) in [6, 6.07) is 0. The lowest BCUT2D eigenvalue weighted by Gasteiger charge is -2.45. The van der Waals surface area contributed by atoms with Gasteiger partial charge in [-0.05, 0) is 75.0 Å². The lowest BCUT2D eigenvalue weighted by Crippen LogP contribution is -2.44. The van der Waals surface area contributed by atoms with E-state index >= 15 is 0 Å². The second-order valence-electron chi connectivity index (χ2n) is 7.94. The van der Waals surface area contributed by atoms with Gasteiger partial charge in [0.15, 0.2) is 0 Å². The summed E-state index contributed by atoms with van der Waals surface area (Å²) in [7, 11) is 0. The van der Waals surface area contributed by atoms with Crippen LogP contribution < -0.4 is 0 Å². The molecule has 0 heterocycles. The molecule has 20 heavy (non-hydrogen) atoms. The first kappa shape index (κ1) is 12.7. The van der Waals surface area contributed by atoms with E-state index in [0.717, 1.165) is 24.2 Å². The van der Waals surface area contributed by atoms with Crippen LogP contribution in [-0.4, -0.2) is 11.6 Å². The second-order valence-corrected chi connectivity index (χ2v) is 7.94. The predicted octanol–water partition coefficient (Wildman–Crippen LogP) is 3.88. The Morgan fingerprint density at radius 1 is 1.20 bits per heavy atom. The zero-order valence-electron chi connectivity index (χ0n) is 12.5. The average Bonchev–Trinajstić information content (AvgIpc) is 3.09. The fourth-order valence-corrected chi connectivity index (χ4v) is 5.81. The van der Waals surface area contributed by atoms with Crippen molar-refractivity contribution in [2.75, 3.05) is 0 Å². The number of ether oxygens (including phenoxy) is 1. The third-order valence-electron chi connectivity index (χ3n) is 6.75. The Morgan fingerprint density at radius 3 is 2.50 bits per heavy atom. The average molecular weight is 272 g/mol. The Hall–Kier alpha value is -1.05. The lowest BCUT2D eigenvalue weighted by atomic mass is 9.62. The van der Waals surface area contributed by atoms with Gasteiger partial charge in [-0.15, -0.1) is 0 Å². The maximum atomic E-state index is 11.9. The van der Waals surface area contributed by atoms with Crippen LogP contribution in [0.25, 0.3) is 0 Å². The van der Waals surface area contributed by atoms with Crippen molar-refractivity contribution in [1.29, 1.82) is 0 Å². The highest BCUT2D eigenvalue weighted by Gasteiger charge is 2.65. The van der Waals surface area contributed by atoms with Gasteiger partial charge in [-0.25, -0.2) is 4.79 Å². The van der Waals surface area contributed by atoms with Gasteiger partial charge in [0.05, 0.1) is 0 Å². The fourth-order valence-electron chi connectivity index (χ4n) is 5.81. The summed E-state index contributed by atoms with van der Waals surface area (Å²) in [6.07, 6.45) is 11.3. The lowest BCUT2D eigenvalue weighted by molar-refractivity contribution is -0.161. The van der Waals surface area contributed by atoms with Gasteiger partial charge in [-0.2, -0.15) is 0 Å². The van der Waals surface area contributed by atoms with Crippen molar-refractivity contribution < 1.29 is 9.53 Å².